The zero-order valence-corrected chi connectivity index (χ0v) is 11.3. The van der Waals surface area contributed by atoms with E-state index in [1.807, 2.05) is 0 Å². The Morgan fingerprint density at radius 2 is 1.93 bits per heavy atom. The molecule has 0 heterocycles. The first-order chi connectivity index (χ1) is 6.66. The molecule has 1 unspecified atom stereocenters. The lowest BCUT2D eigenvalue weighted by molar-refractivity contribution is 0.341. The quantitative estimate of drug-likeness (QED) is 0.560. The molecule has 0 aliphatic rings. The molecule has 7 heteroatoms. The van der Waals surface area contributed by atoms with Crippen molar-refractivity contribution in [1.82, 2.24) is 5.09 Å². The van der Waals surface area contributed by atoms with E-state index in [1.165, 1.54) is 20.0 Å². The Balaban J connectivity index is 4.23. The summed E-state index contributed by atoms with van der Waals surface area (Å²) in [7, 11) is -5.78. The highest BCUT2D eigenvalue weighted by Crippen LogP contribution is 2.55. The fourth-order valence-corrected chi connectivity index (χ4v) is 4.67. The normalized spacial score (nSPS) is 17.5. The molecule has 0 bridgehead atoms. The van der Waals surface area contributed by atoms with Crippen LogP contribution in [0.3, 0.4) is 0 Å². The highest BCUT2D eigenvalue weighted by Gasteiger charge is 2.22. The lowest BCUT2D eigenvalue weighted by Crippen LogP contribution is -2.13. The van der Waals surface area contributed by atoms with Gasteiger partial charge < -0.3 is 5.11 Å². The van der Waals surface area contributed by atoms with Gasteiger partial charge in [0.1, 0.15) is 0 Å². The molecule has 0 aliphatic heterocycles. The lowest BCUT2D eigenvalue weighted by Gasteiger charge is -2.17. The van der Waals surface area contributed by atoms with Gasteiger partial charge in [0.05, 0.1) is 6.61 Å². The number of rotatable bonds is 6. The third kappa shape index (κ3) is 9.04. The van der Waals surface area contributed by atoms with Crippen molar-refractivity contribution in [3.63, 3.8) is 0 Å². The molecule has 0 radical (unpaired) electrons. The second kappa shape index (κ2) is 5.97. The molecule has 0 spiro atoms. The highest BCUT2D eigenvalue weighted by atomic mass is 31.2. The third-order valence-electron chi connectivity index (χ3n) is 1.44. The lowest BCUT2D eigenvalue weighted by atomic mass is 10.3. The van der Waals surface area contributed by atoms with Gasteiger partial charge in [0.15, 0.2) is 0 Å². The van der Waals surface area contributed by atoms with Crippen molar-refractivity contribution in [2.75, 3.05) is 33.1 Å². The summed E-state index contributed by atoms with van der Waals surface area (Å²) >= 11 is 0. The average Bonchev–Trinajstić information content (AvgIpc) is 1.97. The van der Waals surface area contributed by atoms with Crippen LogP contribution in [0.4, 0.5) is 0 Å². The SMILES string of the molecule is C/C(=C\CO)CNP(C)(=O)OP(C)(C)=O. The van der Waals surface area contributed by atoms with E-state index in [2.05, 4.69) is 5.09 Å². The Labute approximate surface area is 90.9 Å². The summed E-state index contributed by atoms with van der Waals surface area (Å²) < 4.78 is 28.0. The fraction of sp³-hybridized carbons (Fsp3) is 0.750. The molecule has 0 aromatic heterocycles. The molecule has 15 heavy (non-hydrogen) atoms. The Kier molecular flexibility index (Phi) is 6.01. The van der Waals surface area contributed by atoms with Crippen molar-refractivity contribution in [2.24, 2.45) is 0 Å². The molecule has 0 saturated heterocycles. The molecule has 0 amide bonds. The topological polar surface area (TPSA) is 75.6 Å². The molecule has 0 fully saturated rings. The van der Waals surface area contributed by atoms with Gasteiger partial charge in [-0.2, -0.15) is 0 Å². The molecule has 1 atom stereocenters. The van der Waals surface area contributed by atoms with Gasteiger partial charge in [-0.1, -0.05) is 11.6 Å². The van der Waals surface area contributed by atoms with Crippen LogP contribution in [0.25, 0.3) is 0 Å². The van der Waals surface area contributed by atoms with Gasteiger partial charge in [0.25, 0.3) is 7.52 Å². The molecule has 0 aromatic carbocycles. The minimum atomic E-state index is -3.03. The minimum Gasteiger partial charge on any atom is -0.392 e. The van der Waals surface area contributed by atoms with Crippen LogP contribution in [0.2, 0.25) is 0 Å². The van der Waals surface area contributed by atoms with Gasteiger partial charge in [-0.15, -0.1) is 0 Å². The van der Waals surface area contributed by atoms with Gasteiger partial charge in [-0.3, -0.25) is 13.4 Å². The molecular formula is C8H19NO4P2. The molecule has 2 N–H and O–H groups in total. The van der Waals surface area contributed by atoms with Crippen LogP contribution in [0, 0.1) is 0 Å². The van der Waals surface area contributed by atoms with Gasteiger partial charge in [0.2, 0.25) is 7.37 Å². The first-order valence-electron chi connectivity index (χ1n) is 4.52. The largest absolute Gasteiger partial charge is 0.392 e. The second-order valence-electron chi connectivity index (χ2n) is 3.75. The summed E-state index contributed by atoms with van der Waals surface area (Å²) in [5.41, 5.74) is 0.852. The zero-order chi connectivity index (χ0) is 12.1. The summed E-state index contributed by atoms with van der Waals surface area (Å²) in [5.74, 6) is 0. The van der Waals surface area contributed by atoms with Crippen molar-refractivity contribution in [1.29, 1.82) is 0 Å². The van der Waals surface area contributed by atoms with E-state index < -0.39 is 14.9 Å². The van der Waals surface area contributed by atoms with Crippen LogP contribution in [0.15, 0.2) is 11.6 Å². The molecule has 0 aliphatic carbocycles. The van der Waals surface area contributed by atoms with Gasteiger partial charge in [-0.05, 0) is 6.92 Å². The van der Waals surface area contributed by atoms with E-state index >= 15 is 0 Å². The smallest absolute Gasteiger partial charge is 0.272 e. The minimum absolute atomic E-state index is 0.0531. The van der Waals surface area contributed by atoms with E-state index in [4.69, 9.17) is 9.42 Å². The van der Waals surface area contributed by atoms with Crippen LogP contribution in [-0.2, 0) is 13.4 Å². The van der Waals surface area contributed by atoms with Crippen LogP contribution in [-0.4, -0.2) is 38.3 Å². The summed E-state index contributed by atoms with van der Waals surface area (Å²) in [5, 5.41) is 11.3. The van der Waals surface area contributed by atoms with Crippen molar-refractivity contribution < 1.29 is 18.5 Å². The van der Waals surface area contributed by atoms with Crippen molar-refractivity contribution in [3.8, 4) is 0 Å². The van der Waals surface area contributed by atoms with E-state index in [-0.39, 0.29) is 6.61 Å². The molecule has 0 aromatic rings. The first-order valence-corrected chi connectivity index (χ1v) is 9.11. The fourth-order valence-electron chi connectivity index (χ4n) is 0.900. The third-order valence-corrected chi connectivity index (χ3v) is 4.99. The molecular weight excluding hydrogens is 236 g/mol. The number of hydrogen-bond acceptors (Lipinski definition) is 4. The van der Waals surface area contributed by atoms with Crippen LogP contribution >= 0.6 is 14.9 Å². The second-order valence-corrected chi connectivity index (χ2v) is 8.91. The zero-order valence-electron chi connectivity index (χ0n) is 9.56. The highest BCUT2D eigenvalue weighted by molar-refractivity contribution is 7.69. The van der Waals surface area contributed by atoms with E-state index in [0.717, 1.165) is 5.57 Å². The van der Waals surface area contributed by atoms with E-state index in [1.54, 1.807) is 13.0 Å². The number of hydrogen-bond donors (Lipinski definition) is 2. The standard InChI is InChI=1S/C8H19NO4P2/c1-8(5-6-10)7-9-15(4,12)13-14(2,3)11/h5,10H,6-7H2,1-4H3,(H,9,12)/b8-5+. The number of nitrogens with one attached hydrogen (secondary N) is 1. The van der Waals surface area contributed by atoms with Crippen LogP contribution in [0.5, 0.6) is 0 Å². The summed E-state index contributed by atoms with van der Waals surface area (Å²) in [4.78, 5) is 0. The van der Waals surface area contributed by atoms with Crippen molar-refractivity contribution in [2.45, 2.75) is 6.92 Å². The average molecular weight is 255 g/mol. The van der Waals surface area contributed by atoms with Gasteiger partial charge in [0, 0.05) is 26.5 Å². The predicted molar refractivity (Wildman–Crippen MR) is 62.9 cm³/mol. The molecule has 90 valence electrons. The van der Waals surface area contributed by atoms with E-state index in [9.17, 15) is 9.13 Å². The Hall–Kier alpha value is 0.0800. The maximum atomic E-state index is 11.7. The van der Waals surface area contributed by atoms with Gasteiger partial charge in [-0.25, -0.2) is 5.09 Å². The Morgan fingerprint density at radius 3 is 2.33 bits per heavy atom. The maximum Gasteiger partial charge on any atom is 0.272 e. The number of aliphatic hydroxyl groups is 1. The summed E-state index contributed by atoms with van der Waals surface area (Å²) in [6.07, 6.45) is 1.60. The van der Waals surface area contributed by atoms with Crippen LogP contribution < -0.4 is 5.09 Å². The predicted octanol–water partition coefficient (Wildman–Crippen LogP) is 1.89. The Morgan fingerprint density at radius 1 is 1.40 bits per heavy atom. The van der Waals surface area contributed by atoms with E-state index in [0.29, 0.717) is 6.54 Å². The molecule has 0 rings (SSSR count). The van der Waals surface area contributed by atoms with Crippen molar-refractivity contribution in [3.05, 3.63) is 11.6 Å². The maximum absolute atomic E-state index is 11.7. The van der Waals surface area contributed by atoms with Crippen molar-refractivity contribution >= 4 is 14.9 Å². The number of aliphatic hydroxyl groups excluding tert-OH is 1. The molecule has 5 nitrogen and oxygen atoms in total. The first kappa shape index (κ1) is 15.1. The Bertz CT molecular complexity index is 321. The monoisotopic (exact) mass is 255 g/mol. The summed E-state index contributed by atoms with van der Waals surface area (Å²) in [6.45, 7) is 6.30. The summed E-state index contributed by atoms with van der Waals surface area (Å²) in [6, 6.07) is 0. The van der Waals surface area contributed by atoms with Gasteiger partial charge >= 0.3 is 0 Å². The molecule has 0 saturated carbocycles. The van der Waals surface area contributed by atoms with Crippen LogP contribution in [0.1, 0.15) is 6.92 Å².